The van der Waals surface area contributed by atoms with Crippen molar-refractivity contribution in [2.24, 2.45) is 17.7 Å². The third kappa shape index (κ3) is 3.06. The monoisotopic (exact) mass is 366 g/mol. The number of aryl methyl sites for hydroxylation is 1. The maximum atomic E-state index is 12.5. The predicted octanol–water partition coefficient (Wildman–Crippen LogP) is 2.93. The molecule has 2 aromatic carbocycles. The minimum absolute atomic E-state index is 0.0722. The van der Waals surface area contributed by atoms with E-state index in [0.717, 1.165) is 44.1 Å². The first-order chi connectivity index (χ1) is 13.0. The normalized spacial score (nSPS) is 26.7. The van der Waals surface area contributed by atoms with Crippen molar-refractivity contribution in [2.75, 3.05) is 0 Å². The van der Waals surface area contributed by atoms with Gasteiger partial charge in [0.05, 0.1) is 0 Å². The van der Waals surface area contributed by atoms with Crippen LogP contribution in [0.1, 0.15) is 42.4 Å². The third-order valence-electron chi connectivity index (χ3n) is 6.62. The average Bonchev–Trinajstić information content (AvgIpc) is 2.68. The molecule has 0 saturated heterocycles. The van der Waals surface area contributed by atoms with Gasteiger partial charge in [0.25, 0.3) is 0 Å². The molecule has 0 radical (unpaired) electrons. The predicted molar refractivity (Wildman–Crippen MR) is 103 cm³/mol. The highest BCUT2D eigenvalue weighted by atomic mass is 16.3. The summed E-state index contributed by atoms with van der Waals surface area (Å²) in [6, 6.07) is 13.0. The summed E-state index contributed by atoms with van der Waals surface area (Å²) in [4.78, 5) is 12.5. The second-order valence-electron chi connectivity index (χ2n) is 7.99. The van der Waals surface area contributed by atoms with Crippen LogP contribution >= 0.6 is 0 Å². The van der Waals surface area contributed by atoms with Gasteiger partial charge in [-0.1, -0.05) is 24.6 Å². The Hall–Kier alpha value is -2.53. The SMILES string of the molecule is NNC(=O)C1CCC[C@@]2(Cc3ccc(O)cc3)c3ccc(O)cc3CCC12. The summed E-state index contributed by atoms with van der Waals surface area (Å²) in [5.41, 5.74) is 5.79. The van der Waals surface area contributed by atoms with E-state index in [9.17, 15) is 15.0 Å². The summed E-state index contributed by atoms with van der Waals surface area (Å²) in [5, 5.41) is 19.6. The smallest absolute Gasteiger partial charge is 0.237 e. The van der Waals surface area contributed by atoms with Gasteiger partial charge in [0.1, 0.15) is 11.5 Å². The highest BCUT2D eigenvalue weighted by Crippen LogP contribution is 2.54. The number of nitrogens with one attached hydrogen (secondary N) is 1. The Labute approximate surface area is 159 Å². The number of nitrogens with two attached hydrogens (primary N) is 1. The molecule has 2 unspecified atom stereocenters. The number of carbonyl (C=O) groups is 1. The molecular formula is C22H26N2O3. The first kappa shape index (κ1) is 17.9. The van der Waals surface area contributed by atoms with E-state index in [1.165, 1.54) is 11.1 Å². The lowest BCUT2D eigenvalue weighted by Gasteiger charge is -2.52. The average molecular weight is 366 g/mol. The van der Waals surface area contributed by atoms with Crippen LogP contribution in [-0.4, -0.2) is 16.1 Å². The van der Waals surface area contributed by atoms with Gasteiger partial charge in [0.2, 0.25) is 5.91 Å². The highest BCUT2D eigenvalue weighted by Gasteiger charge is 2.51. The Bertz CT molecular complexity index is 849. The van der Waals surface area contributed by atoms with Crippen molar-refractivity contribution in [1.82, 2.24) is 5.43 Å². The van der Waals surface area contributed by atoms with Gasteiger partial charge in [-0.3, -0.25) is 10.2 Å². The quantitative estimate of drug-likeness (QED) is 0.382. The Balaban J connectivity index is 1.82. The summed E-state index contributed by atoms with van der Waals surface area (Å²) in [5.74, 6) is 6.08. The first-order valence-corrected chi connectivity index (χ1v) is 9.64. The molecule has 1 fully saturated rings. The fourth-order valence-electron chi connectivity index (χ4n) is 5.52. The van der Waals surface area contributed by atoms with Gasteiger partial charge in [-0.05, 0) is 79.0 Å². The molecule has 5 heteroatoms. The van der Waals surface area contributed by atoms with Crippen molar-refractivity contribution >= 4 is 5.91 Å². The third-order valence-corrected chi connectivity index (χ3v) is 6.62. The van der Waals surface area contributed by atoms with E-state index in [2.05, 4.69) is 5.43 Å². The number of phenols is 2. The number of rotatable bonds is 3. The van der Waals surface area contributed by atoms with Crippen LogP contribution in [0.3, 0.4) is 0 Å². The number of benzene rings is 2. The van der Waals surface area contributed by atoms with Crippen LogP contribution in [0.4, 0.5) is 0 Å². The number of hydrogen-bond acceptors (Lipinski definition) is 4. The van der Waals surface area contributed by atoms with Gasteiger partial charge in [-0.15, -0.1) is 0 Å². The van der Waals surface area contributed by atoms with Gasteiger partial charge in [0, 0.05) is 11.3 Å². The molecule has 0 aromatic heterocycles. The molecule has 2 aromatic rings. The van der Waals surface area contributed by atoms with Gasteiger partial charge in [-0.2, -0.15) is 0 Å². The fourth-order valence-corrected chi connectivity index (χ4v) is 5.52. The maximum absolute atomic E-state index is 12.5. The van der Waals surface area contributed by atoms with Crippen LogP contribution < -0.4 is 11.3 Å². The van der Waals surface area contributed by atoms with E-state index >= 15 is 0 Å². The number of hydrazine groups is 1. The lowest BCUT2D eigenvalue weighted by Crippen LogP contribution is -2.52. The standard InChI is InChI=1S/C22H26N2O3/c23-24-21(27)18-2-1-11-22(13-14-3-6-16(25)7-4-14)19-10-8-17(26)12-15(19)5-9-20(18)22/h3-4,6-8,10,12,18,20,25-26H,1-2,5,9,11,13,23H2,(H,24,27)/t18?,20?,22-/m1/s1. The van der Waals surface area contributed by atoms with Crippen molar-refractivity contribution in [1.29, 1.82) is 0 Å². The molecule has 0 bridgehead atoms. The lowest BCUT2D eigenvalue weighted by molar-refractivity contribution is -0.130. The summed E-state index contributed by atoms with van der Waals surface area (Å²) in [6.45, 7) is 0. The van der Waals surface area contributed by atoms with E-state index in [1.807, 2.05) is 24.3 Å². The van der Waals surface area contributed by atoms with Crippen molar-refractivity contribution in [3.8, 4) is 11.5 Å². The number of fused-ring (bicyclic) bond motifs is 3. The molecule has 0 spiro atoms. The number of hydrogen-bond donors (Lipinski definition) is 4. The molecular weight excluding hydrogens is 340 g/mol. The zero-order chi connectivity index (χ0) is 19.0. The molecule has 5 nitrogen and oxygen atoms in total. The summed E-state index contributed by atoms with van der Waals surface area (Å²) in [6.07, 6.45) is 5.41. The zero-order valence-corrected chi connectivity index (χ0v) is 15.3. The molecule has 2 aliphatic carbocycles. The molecule has 4 rings (SSSR count). The van der Waals surface area contributed by atoms with Crippen molar-refractivity contribution in [2.45, 2.75) is 43.9 Å². The van der Waals surface area contributed by atoms with Crippen LogP contribution in [-0.2, 0) is 23.1 Å². The van der Waals surface area contributed by atoms with Crippen LogP contribution in [0.15, 0.2) is 42.5 Å². The number of aromatic hydroxyl groups is 2. The Morgan fingerprint density at radius 1 is 1.11 bits per heavy atom. The second-order valence-corrected chi connectivity index (χ2v) is 7.99. The minimum Gasteiger partial charge on any atom is -0.508 e. The Morgan fingerprint density at radius 2 is 1.85 bits per heavy atom. The van der Waals surface area contributed by atoms with Gasteiger partial charge in [-0.25, -0.2) is 5.84 Å². The number of carbonyl (C=O) groups excluding carboxylic acids is 1. The molecule has 0 aliphatic heterocycles. The molecule has 0 heterocycles. The molecule has 1 amide bonds. The van der Waals surface area contributed by atoms with Gasteiger partial charge < -0.3 is 10.2 Å². The van der Waals surface area contributed by atoms with Crippen LogP contribution in [0.25, 0.3) is 0 Å². The molecule has 3 atom stereocenters. The second kappa shape index (κ2) is 6.89. The number of phenolic OH excluding ortho intramolecular Hbond substituents is 2. The fraction of sp³-hybridized carbons (Fsp3) is 0.409. The first-order valence-electron chi connectivity index (χ1n) is 9.64. The van der Waals surface area contributed by atoms with Gasteiger partial charge in [0.15, 0.2) is 0 Å². The molecule has 2 aliphatic rings. The van der Waals surface area contributed by atoms with E-state index in [1.54, 1.807) is 18.2 Å². The highest BCUT2D eigenvalue weighted by molar-refractivity contribution is 5.79. The van der Waals surface area contributed by atoms with Crippen LogP contribution in [0.2, 0.25) is 0 Å². The summed E-state index contributed by atoms with van der Waals surface area (Å²) >= 11 is 0. The Kier molecular flexibility index (Phi) is 4.56. The minimum atomic E-state index is -0.159. The summed E-state index contributed by atoms with van der Waals surface area (Å²) in [7, 11) is 0. The van der Waals surface area contributed by atoms with E-state index < -0.39 is 0 Å². The van der Waals surface area contributed by atoms with E-state index in [4.69, 9.17) is 5.84 Å². The molecule has 27 heavy (non-hydrogen) atoms. The Morgan fingerprint density at radius 3 is 2.59 bits per heavy atom. The van der Waals surface area contributed by atoms with Crippen molar-refractivity contribution in [3.05, 3.63) is 59.2 Å². The zero-order valence-electron chi connectivity index (χ0n) is 15.3. The van der Waals surface area contributed by atoms with E-state index in [-0.39, 0.29) is 28.9 Å². The van der Waals surface area contributed by atoms with Crippen LogP contribution in [0, 0.1) is 11.8 Å². The topological polar surface area (TPSA) is 95.6 Å². The van der Waals surface area contributed by atoms with Crippen LogP contribution in [0.5, 0.6) is 11.5 Å². The van der Waals surface area contributed by atoms with Gasteiger partial charge >= 0.3 is 0 Å². The lowest BCUT2D eigenvalue weighted by atomic mass is 9.52. The molecule has 142 valence electrons. The summed E-state index contributed by atoms with van der Waals surface area (Å²) < 4.78 is 0. The maximum Gasteiger partial charge on any atom is 0.237 e. The van der Waals surface area contributed by atoms with E-state index in [0.29, 0.717) is 5.75 Å². The van der Waals surface area contributed by atoms with Crippen molar-refractivity contribution < 1.29 is 15.0 Å². The number of amides is 1. The molecule has 5 N–H and O–H groups in total. The largest absolute Gasteiger partial charge is 0.508 e. The molecule has 1 saturated carbocycles. The van der Waals surface area contributed by atoms with Crippen molar-refractivity contribution in [3.63, 3.8) is 0 Å².